The highest BCUT2D eigenvalue weighted by atomic mass is 35.5. The highest BCUT2D eigenvalue weighted by Gasteiger charge is 2.30. The largest absolute Gasteiger partial charge is 0.573 e. The van der Waals surface area contributed by atoms with Crippen molar-refractivity contribution in [2.75, 3.05) is 0 Å². The van der Waals surface area contributed by atoms with Crippen LogP contribution in [0.25, 0.3) is 11.1 Å². The molecular formula is C19H20ClF3N2O2. The first-order valence-corrected chi connectivity index (χ1v) is 8.71. The van der Waals surface area contributed by atoms with Crippen molar-refractivity contribution in [2.24, 2.45) is 5.73 Å². The van der Waals surface area contributed by atoms with E-state index in [9.17, 15) is 18.0 Å². The van der Waals surface area contributed by atoms with E-state index in [0.29, 0.717) is 6.42 Å². The molecule has 0 aromatic heterocycles. The molecule has 0 radical (unpaired) electrons. The van der Waals surface area contributed by atoms with E-state index < -0.39 is 12.4 Å². The molecule has 8 heteroatoms. The zero-order valence-corrected chi connectivity index (χ0v) is 15.4. The van der Waals surface area contributed by atoms with Gasteiger partial charge in [-0.1, -0.05) is 49.7 Å². The summed E-state index contributed by atoms with van der Waals surface area (Å²) in [5, 5.41) is 0. The van der Waals surface area contributed by atoms with Gasteiger partial charge in [0.25, 0.3) is 5.91 Å². The zero-order chi connectivity index (χ0) is 20.0. The van der Waals surface area contributed by atoms with Crippen molar-refractivity contribution in [3.63, 3.8) is 0 Å². The van der Waals surface area contributed by atoms with Crippen molar-refractivity contribution in [3.05, 3.63) is 54.1 Å². The number of benzene rings is 2. The summed E-state index contributed by atoms with van der Waals surface area (Å²) < 4.78 is 41.5. The predicted molar refractivity (Wildman–Crippen MR) is 97.8 cm³/mol. The number of alkyl halides is 3. The summed E-state index contributed by atoms with van der Waals surface area (Å²) in [5.41, 5.74) is 8.13. The van der Waals surface area contributed by atoms with Crippen LogP contribution >= 0.6 is 11.8 Å². The first-order valence-electron chi connectivity index (χ1n) is 8.37. The van der Waals surface area contributed by atoms with Crippen LogP contribution in [0.1, 0.15) is 25.3 Å². The Morgan fingerprint density at radius 2 is 1.63 bits per heavy atom. The van der Waals surface area contributed by atoms with Gasteiger partial charge >= 0.3 is 6.36 Å². The maximum atomic E-state index is 12.2. The van der Waals surface area contributed by atoms with Crippen LogP contribution in [0.3, 0.4) is 0 Å². The Morgan fingerprint density at radius 1 is 1.11 bits per heavy atom. The number of nitrogens with two attached hydrogens (primary N) is 1. The Hall–Kier alpha value is -2.25. The molecule has 1 amide bonds. The molecule has 0 aliphatic heterocycles. The maximum Gasteiger partial charge on any atom is 0.573 e. The number of nitrogens with zero attached hydrogens (tertiary/aromatic N) is 1. The maximum absolute atomic E-state index is 12.2. The summed E-state index contributed by atoms with van der Waals surface area (Å²) in [4.78, 5) is 12.0. The molecule has 146 valence electrons. The van der Waals surface area contributed by atoms with Crippen LogP contribution in [0.4, 0.5) is 13.2 Å². The van der Waals surface area contributed by atoms with E-state index in [4.69, 9.17) is 17.5 Å². The Bertz CT molecular complexity index is 749. The third kappa shape index (κ3) is 6.45. The van der Waals surface area contributed by atoms with Gasteiger partial charge in [0.15, 0.2) is 0 Å². The second-order valence-corrected chi connectivity index (χ2v) is 6.43. The van der Waals surface area contributed by atoms with E-state index in [-0.39, 0.29) is 18.2 Å². The molecule has 27 heavy (non-hydrogen) atoms. The number of carbonyl (C=O) groups is 1. The number of carbonyl (C=O) groups excluding carboxylic acids is 1. The van der Waals surface area contributed by atoms with Crippen molar-refractivity contribution >= 4 is 17.7 Å². The molecule has 2 N–H and O–H groups in total. The topological polar surface area (TPSA) is 55.6 Å². The second-order valence-electron chi connectivity index (χ2n) is 6.02. The van der Waals surface area contributed by atoms with Crippen LogP contribution in [-0.2, 0) is 11.3 Å². The molecule has 0 bridgehead atoms. The number of ether oxygens (including phenoxy) is 1. The predicted octanol–water partition coefficient (Wildman–Crippen LogP) is 4.86. The normalized spacial score (nSPS) is 12.5. The Labute approximate surface area is 160 Å². The highest BCUT2D eigenvalue weighted by Crippen LogP contribution is 2.27. The summed E-state index contributed by atoms with van der Waals surface area (Å²) in [5.74, 6) is -0.606. The minimum absolute atomic E-state index is 0.205. The first-order chi connectivity index (χ1) is 12.7. The smallest absolute Gasteiger partial charge is 0.406 e. The molecule has 0 saturated heterocycles. The molecule has 2 rings (SSSR count). The van der Waals surface area contributed by atoms with Gasteiger partial charge in [-0.25, -0.2) is 4.42 Å². The fourth-order valence-corrected chi connectivity index (χ4v) is 2.77. The van der Waals surface area contributed by atoms with Crippen LogP contribution in [0.15, 0.2) is 48.5 Å². The lowest BCUT2D eigenvalue weighted by Crippen LogP contribution is -2.38. The molecule has 1 atom stereocenters. The second kappa shape index (κ2) is 9.10. The van der Waals surface area contributed by atoms with E-state index >= 15 is 0 Å². The lowest BCUT2D eigenvalue weighted by molar-refractivity contribution is -0.274. The SMILES string of the molecule is CCC[C@H](N)C(=O)N(Cl)Cc1ccc(-c2ccc(OC(F)(F)F)cc2)cc1. The van der Waals surface area contributed by atoms with Gasteiger partial charge in [0, 0.05) is 11.8 Å². The van der Waals surface area contributed by atoms with Gasteiger partial charge in [0.2, 0.25) is 0 Å². The third-order valence-corrected chi connectivity index (χ3v) is 4.14. The van der Waals surface area contributed by atoms with Crippen molar-refractivity contribution in [3.8, 4) is 16.9 Å². The Balaban J connectivity index is 2.01. The Morgan fingerprint density at radius 3 is 2.11 bits per heavy atom. The molecule has 2 aromatic carbocycles. The van der Waals surface area contributed by atoms with Gasteiger partial charge in [-0.3, -0.25) is 4.79 Å². The number of rotatable bonds is 7. The average molecular weight is 401 g/mol. The number of halogens is 4. The van der Waals surface area contributed by atoms with Gasteiger partial charge in [-0.15, -0.1) is 13.2 Å². The van der Waals surface area contributed by atoms with E-state index in [0.717, 1.165) is 27.5 Å². The summed E-state index contributed by atoms with van der Waals surface area (Å²) in [6, 6.07) is 12.2. The van der Waals surface area contributed by atoms with Crippen molar-refractivity contribution < 1.29 is 22.7 Å². The van der Waals surface area contributed by atoms with Gasteiger partial charge in [0.1, 0.15) is 5.75 Å². The summed E-state index contributed by atoms with van der Waals surface area (Å²) in [6.07, 6.45) is -3.36. The van der Waals surface area contributed by atoms with Crippen molar-refractivity contribution in [1.29, 1.82) is 0 Å². The van der Waals surface area contributed by atoms with Crippen molar-refractivity contribution in [2.45, 2.75) is 38.7 Å². The molecular weight excluding hydrogens is 381 g/mol. The number of amides is 1. The lowest BCUT2D eigenvalue weighted by Gasteiger charge is -2.18. The van der Waals surface area contributed by atoms with Crippen LogP contribution in [-0.4, -0.2) is 22.7 Å². The van der Waals surface area contributed by atoms with E-state index in [1.54, 1.807) is 24.3 Å². The van der Waals surface area contributed by atoms with E-state index in [1.165, 1.54) is 24.3 Å². The van der Waals surface area contributed by atoms with E-state index in [1.807, 2.05) is 6.92 Å². The lowest BCUT2D eigenvalue weighted by atomic mass is 10.0. The van der Waals surface area contributed by atoms with Gasteiger partial charge in [-0.2, -0.15) is 0 Å². The van der Waals surface area contributed by atoms with E-state index in [2.05, 4.69) is 4.74 Å². The molecule has 4 nitrogen and oxygen atoms in total. The first kappa shape index (κ1) is 21.1. The van der Waals surface area contributed by atoms with Crippen molar-refractivity contribution in [1.82, 2.24) is 4.42 Å². The average Bonchev–Trinajstić information content (AvgIpc) is 2.61. The molecule has 0 fully saturated rings. The molecule has 0 unspecified atom stereocenters. The quantitative estimate of drug-likeness (QED) is 0.675. The molecule has 0 aliphatic carbocycles. The zero-order valence-electron chi connectivity index (χ0n) is 14.7. The van der Waals surface area contributed by atoms with Gasteiger partial charge in [0.05, 0.1) is 12.6 Å². The fourth-order valence-electron chi connectivity index (χ4n) is 2.50. The van der Waals surface area contributed by atoms with Crippen LogP contribution in [0.5, 0.6) is 5.75 Å². The highest BCUT2D eigenvalue weighted by molar-refractivity contribution is 6.21. The van der Waals surface area contributed by atoms with Crippen LogP contribution < -0.4 is 10.5 Å². The monoisotopic (exact) mass is 400 g/mol. The van der Waals surface area contributed by atoms with Gasteiger partial charge < -0.3 is 10.5 Å². The standard InChI is InChI=1S/C19H20ClF3N2O2/c1-2-3-17(24)18(26)25(20)12-13-4-6-14(7-5-13)15-8-10-16(11-9-15)27-19(21,22)23/h4-11,17H,2-3,12,24H2,1H3/t17-/m0/s1. The van der Waals surface area contributed by atoms with Crippen LogP contribution in [0, 0.1) is 0 Å². The molecule has 0 saturated carbocycles. The number of hydrogen-bond donors (Lipinski definition) is 1. The summed E-state index contributed by atoms with van der Waals surface area (Å²) in [7, 11) is 0. The van der Waals surface area contributed by atoms with Crippen LogP contribution in [0.2, 0.25) is 0 Å². The third-order valence-electron chi connectivity index (χ3n) is 3.85. The molecule has 0 aliphatic rings. The molecule has 2 aromatic rings. The minimum Gasteiger partial charge on any atom is -0.406 e. The number of hydrogen-bond acceptors (Lipinski definition) is 3. The Kier molecular flexibility index (Phi) is 7.10. The molecule has 0 heterocycles. The fraction of sp³-hybridized carbons (Fsp3) is 0.316. The summed E-state index contributed by atoms with van der Waals surface area (Å²) in [6.45, 7) is 2.14. The summed E-state index contributed by atoms with van der Waals surface area (Å²) >= 11 is 6.02. The minimum atomic E-state index is -4.71. The van der Waals surface area contributed by atoms with Gasteiger partial charge in [-0.05, 0) is 35.2 Å². The molecule has 0 spiro atoms.